The first-order valence-electron chi connectivity index (χ1n) is 6.82. The highest BCUT2D eigenvalue weighted by atomic mass is 19.1. The quantitative estimate of drug-likeness (QED) is 0.794. The summed E-state index contributed by atoms with van der Waals surface area (Å²) in [5, 5.41) is 7.47. The molecule has 21 heavy (non-hydrogen) atoms. The van der Waals surface area contributed by atoms with Gasteiger partial charge < -0.3 is 5.32 Å². The van der Waals surface area contributed by atoms with Crippen molar-refractivity contribution < 1.29 is 4.39 Å². The fourth-order valence-corrected chi connectivity index (χ4v) is 2.43. The van der Waals surface area contributed by atoms with Crippen LogP contribution < -0.4 is 5.32 Å². The lowest BCUT2D eigenvalue weighted by Gasteiger charge is -2.12. The fourth-order valence-electron chi connectivity index (χ4n) is 2.43. The van der Waals surface area contributed by atoms with Crippen LogP contribution in [0.25, 0.3) is 16.9 Å². The van der Waals surface area contributed by atoms with Crippen LogP contribution in [0, 0.1) is 5.82 Å². The van der Waals surface area contributed by atoms with Crippen molar-refractivity contribution in [3.63, 3.8) is 0 Å². The van der Waals surface area contributed by atoms with Crippen molar-refractivity contribution in [3.05, 3.63) is 72.2 Å². The Morgan fingerprint density at radius 2 is 1.90 bits per heavy atom. The minimum atomic E-state index is -0.227. The molecule has 0 unspecified atom stereocenters. The first kappa shape index (κ1) is 13.5. The van der Waals surface area contributed by atoms with E-state index in [1.54, 1.807) is 18.3 Å². The number of nitrogens with one attached hydrogen (secondary N) is 1. The third-order valence-corrected chi connectivity index (χ3v) is 3.35. The highest BCUT2D eigenvalue weighted by Gasteiger charge is 2.12. The molecule has 1 heterocycles. The van der Waals surface area contributed by atoms with Gasteiger partial charge in [0.1, 0.15) is 5.82 Å². The van der Waals surface area contributed by atoms with Gasteiger partial charge in [0.05, 0.1) is 17.6 Å². The Morgan fingerprint density at radius 1 is 1.10 bits per heavy atom. The van der Waals surface area contributed by atoms with E-state index in [1.165, 1.54) is 6.07 Å². The number of halogens is 1. The van der Waals surface area contributed by atoms with Crippen LogP contribution in [0.3, 0.4) is 0 Å². The number of aromatic nitrogens is 2. The number of para-hydroxylation sites is 1. The molecule has 4 heteroatoms. The molecule has 1 N–H and O–H groups in total. The Balaban J connectivity index is 2.12. The maximum Gasteiger partial charge on any atom is 0.123 e. The number of hydrogen-bond donors (Lipinski definition) is 1. The molecule has 0 aliphatic heterocycles. The average Bonchev–Trinajstić information content (AvgIpc) is 2.98. The normalized spacial score (nSPS) is 10.8. The minimum absolute atomic E-state index is 0.227. The van der Waals surface area contributed by atoms with Crippen LogP contribution in [0.15, 0.2) is 60.8 Å². The Labute approximate surface area is 123 Å². The summed E-state index contributed by atoms with van der Waals surface area (Å²) in [7, 11) is 1.85. The zero-order chi connectivity index (χ0) is 14.7. The lowest BCUT2D eigenvalue weighted by Crippen LogP contribution is -2.08. The standard InChI is InChI=1S/C17H16FN3/c1-19-12-13-11-14(18)7-8-16(13)17-9-10-20-21(17)15-5-3-2-4-6-15/h2-11,19H,12H2,1H3. The van der Waals surface area contributed by atoms with Gasteiger partial charge in [-0.15, -0.1) is 0 Å². The summed E-state index contributed by atoms with van der Waals surface area (Å²) in [6.07, 6.45) is 1.76. The van der Waals surface area contributed by atoms with Gasteiger partial charge in [-0.25, -0.2) is 9.07 Å². The molecule has 0 atom stereocenters. The van der Waals surface area contributed by atoms with Gasteiger partial charge >= 0.3 is 0 Å². The second kappa shape index (κ2) is 5.89. The molecule has 0 fully saturated rings. The van der Waals surface area contributed by atoms with Crippen LogP contribution in [0.1, 0.15) is 5.56 Å². The lowest BCUT2D eigenvalue weighted by molar-refractivity contribution is 0.624. The monoisotopic (exact) mass is 281 g/mol. The Kier molecular flexibility index (Phi) is 3.79. The van der Waals surface area contributed by atoms with Crippen molar-refractivity contribution in [2.24, 2.45) is 0 Å². The molecule has 0 aliphatic carbocycles. The van der Waals surface area contributed by atoms with Crippen molar-refractivity contribution in [1.82, 2.24) is 15.1 Å². The zero-order valence-electron chi connectivity index (χ0n) is 11.8. The predicted octanol–water partition coefficient (Wildman–Crippen LogP) is 3.40. The maximum atomic E-state index is 13.5. The zero-order valence-corrected chi connectivity index (χ0v) is 11.8. The molecule has 0 saturated heterocycles. The van der Waals surface area contributed by atoms with E-state index in [2.05, 4.69) is 10.4 Å². The average molecular weight is 281 g/mol. The highest BCUT2D eigenvalue weighted by Crippen LogP contribution is 2.26. The van der Waals surface area contributed by atoms with Crippen molar-refractivity contribution in [1.29, 1.82) is 0 Å². The first-order valence-corrected chi connectivity index (χ1v) is 6.82. The largest absolute Gasteiger partial charge is 0.316 e. The number of nitrogens with zero attached hydrogens (tertiary/aromatic N) is 2. The molecule has 2 aromatic carbocycles. The van der Waals surface area contributed by atoms with Gasteiger partial charge in [0.2, 0.25) is 0 Å². The van der Waals surface area contributed by atoms with Gasteiger partial charge in [0, 0.05) is 12.1 Å². The molecular formula is C17H16FN3. The van der Waals surface area contributed by atoms with E-state index in [4.69, 9.17) is 0 Å². The first-order chi connectivity index (χ1) is 10.3. The summed E-state index contributed by atoms with van der Waals surface area (Å²) in [6.45, 7) is 0.604. The molecule has 3 nitrogen and oxygen atoms in total. The summed E-state index contributed by atoms with van der Waals surface area (Å²) < 4.78 is 15.4. The number of rotatable bonds is 4. The summed E-state index contributed by atoms with van der Waals surface area (Å²) in [5.74, 6) is -0.227. The van der Waals surface area contributed by atoms with E-state index >= 15 is 0 Å². The van der Waals surface area contributed by atoms with Crippen LogP contribution in [0.2, 0.25) is 0 Å². The van der Waals surface area contributed by atoms with Crippen LogP contribution in [0.5, 0.6) is 0 Å². The maximum absolute atomic E-state index is 13.5. The van der Waals surface area contributed by atoms with E-state index in [0.717, 1.165) is 22.5 Å². The molecule has 1 aromatic heterocycles. The Hall–Kier alpha value is -2.46. The second-order valence-corrected chi connectivity index (χ2v) is 4.80. The lowest BCUT2D eigenvalue weighted by atomic mass is 10.0. The minimum Gasteiger partial charge on any atom is -0.316 e. The van der Waals surface area contributed by atoms with Gasteiger partial charge in [0.25, 0.3) is 0 Å². The van der Waals surface area contributed by atoms with Gasteiger partial charge in [-0.3, -0.25) is 0 Å². The van der Waals surface area contributed by atoms with Crippen LogP contribution in [0.4, 0.5) is 4.39 Å². The molecule has 0 aliphatic rings. The summed E-state index contributed by atoms with van der Waals surface area (Å²) in [6, 6.07) is 16.7. The van der Waals surface area contributed by atoms with E-state index in [-0.39, 0.29) is 5.82 Å². The molecule has 3 rings (SSSR count). The van der Waals surface area contributed by atoms with E-state index in [0.29, 0.717) is 6.54 Å². The van der Waals surface area contributed by atoms with E-state index in [9.17, 15) is 4.39 Å². The molecule has 0 bridgehead atoms. The third-order valence-electron chi connectivity index (χ3n) is 3.35. The SMILES string of the molecule is CNCc1cc(F)ccc1-c1ccnn1-c1ccccc1. The molecular weight excluding hydrogens is 265 g/mol. The van der Waals surface area contributed by atoms with Gasteiger partial charge in [-0.05, 0) is 49.0 Å². The summed E-state index contributed by atoms with van der Waals surface area (Å²) in [5.41, 5.74) is 3.82. The highest BCUT2D eigenvalue weighted by molar-refractivity contribution is 5.66. The van der Waals surface area contributed by atoms with Crippen molar-refractivity contribution >= 4 is 0 Å². The van der Waals surface area contributed by atoms with Crippen LogP contribution >= 0.6 is 0 Å². The molecule has 0 saturated carbocycles. The van der Waals surface area contributed by atoms with Gasteiger partial charge in [-0.2, -0.15) is 5.10 Å². The summed E-state index contributed by atoms with van der Waals surface area (Å²) >= 11 is 0. The van der Waals surface area contributed by atoms with Crippen LogP contribution in [-0.4, -0.2) is 16.8 Å². The van der Waals surface area contributed by atoms with Gasteiger partial charge in [-0.1, -0.05) is 18.2 Å². The Bertz CT molecular complexity index is 735. The smallest absolute Gasteiger partial charge is 0.123 e. The molecule has 106 valence electrons. The third kappa shape index (κ3) is 2.71. The number of hydrogen-bond acceptors (Lipinski definition) is 2. The van der Waals surface area contributed by atoms with E-state index in [1.807, 2.05) is 48.1 Å². The summed E-state index contributed by atoms with van der Waals surface area (Å²) in [4.78, 5) is 0. The predicted molar refractivity (Wildman–Crippen MR) is 81.7 cm³/mol. The molecule has 0 spiro atoms. The topological polar surface area (TPSA) is 29.9 Å². The van der Waals surface area contributed by atoms with Crippen molar-refractivity contribution in [3.8, 4) is 16.9 Å². The molecule has 0 amide bonds. The Morgan fingerprint density at radius 3 is 2.67 bits per heavy atom. The molecule has 0 radical (unpaired) electrons. The van der Waals surface area contributed by atoms with Crippen molar-refractivity contribution in [2.45, 2.75) is 6.54 Å². The fraction of sp³-hybridized carbons (Fsp3) is 0.118. The second-order valence-electron chi connectivity index (χ2n) is 4.80. The molecule has 3 aromatic rings. The van der Waals surface area contributed by atoms with E-state index < -0.39 is 0 Å². The van der Waals surface area contributed by atoms with Gasteiger partial charge in [0.15, 0.2) is 0 Å². The van der Waals surface area contributed by atoms with Crippen LogP contribution in [-0.2, 0) is 6.54 Å². The van der Waals surface area contributed by atoms with Crippen molar-refractivity contribution in [2.75, 3.05) is 7.05 Å². The number of benzene rings is 2.